The van der Waals surface area contributed by atoms with Crippen molar-refractivity contribution < 1.29 is 27.3 Å². The highest BCUT2D eigenvalue weighted by atomic mass is 19.4. The molecule has 1 heterocycles. The SMILES string of the molecule is O=C(Cc1noc2ccccc12)Nc1cccc(C(=O)NCC(F)(F)F)c1. The monoisotopic (exact) mass is 377 g/mol. The standard InChI is InChI=1S/C18H14F3N3O3/c19-18(20,21)10-22-17(26)11-4-3-5-12(8-11)23-16(25)9-14-13-6-1-2-7-15(13)27-24-14/h1-8H,9-10H2,(H,22,26)(H,23,25). The number of nitrogens with zero attached hydrogens (tertiary/aromatic N) is 1. The first-order valence-electron chi connectivity index (χ1n) is 7.90. The Balaban J connectivity index is 1.65. The number of nitrogens with one attached hydrogen (secondary N) is 2. The lowest BCUT2D eigenvalue weighted by Crippen LogP contribution is -2.33. The van der Waals surface area contributed by atoms with E-state index in [0.717, 1.165) is 0 Å². The van der Waals surface area contributed by atoms with Gasteiger partial charge in [0.05, 0.1) is 6.42 Å². The van der Waals surface area contributed by atoms with Crippen molar-refractivity contribution in [2.75, 3.05) is 11.9 Å². The van der Waals surface area contributed by atoms with Crippen molar-refractivity contribution in [3.05, 3.63) is 59.8 Å². The van der Waals surface area contributed by atoms with Gasteiger partial charge in [0, 0.05) is 16.6 Å². The number of fused-ring (bicyclic) bond motifs is 1. The zero-order valence-corrected chi connectivity index (χ0v) is 13.8. The van der Waals surface area contributed by atoms with Crippen LogP contribution in [0, 0.1) is 0 Å². The third-order valence-corrected chi connectivity index (χ3v) is 3.64. The van der Waals surface area contributed by atoms with Crippen LogP contribution in [0.4, 0.5) is 18.9 Å². The number of carbonyl (C=O) groups is 2. The molecule has 3 aromatic rings. The van der Waals surface area contributed by atoms with Gasteiger partial charge < -0.3 is 15.2 Å². The van der Waals surface area contributed by atoms with Crippen molar-refractivity contribution in [3.8, 4) is 0 Å². The van der Waals surface area contributed by atoms with Gasteiger partial charge >= 0.3 is 6.18 Å². The van der Waals surface area contributed by atoms with Gasteiger partial charge in [0.1, 0.15) is 12.2 Å². The number of rotatable bonds is 5. The largest absolute Gasteiger partial charge is 0.405 e. The molecule has 0 spiro atoms. The quantitative estimate of drug-likeness (QED) is 0.715. The normalized spacial score (nSPS) is 11.4. The molecular formula is C18H14F3N3O3. The van der Waals surface area contributed by atoms with Crippen LogP contribution >= 0.6 is 0 Å². The van der Waals surface area contributed by atoms with Gasteiger partial charge in [-0.15, -0.1) is 0 Å². The average molecular weight is 377 g/mol. The minimum atomic E-state index is -4.50. The maximum absolute atomic E-state index is 12.2. The summed E-state index contributed by atoms with van der Waals surface area (Å²) < 4.78 is 41.7. The number of anilines is 1. The Morgan fingerprint density at radius 1 is 1.07 bits per heavy atom. The smallest absolute Gasteiger partial charge is 0.356 e. The highest BCUT2D eigenvalue weighted by Gasteiger charge is 2.27. The number of aromatic nitrogens is 1. The molecule has 0 unspecified atom stereocenters. The second-order valence-corrected chi connectivity index (χ2v) is 5.73. The number of amides is 2. The van der Waals surface area contributed by atoms with Gasteiger partial charge in [-0.1, -0.05) is 23.4 Å². The number of hydrogen-bond donors (Lipinski definition) is 2. The van der Waals surface area contributed by atoms with E-state index in [9.17, 15) is 22.8 Å². The van der Waals surface area contributed by atoms with Crippen LogP contribution in [0.25, 0.3) is 11.0 Å². The van der Waals surface area contributed by atoms with Crippen LogP contribution in [-0.2, 0) is 11.2 Å². The predicted octanol–water partition coefficient (Wildman–Crippen LogP) is 3.30. The van der Waals surface area contributed by atoms with Crippen LogP contribution in [-0.4, -0.2) is 29.7 Å². The first kappa shape index (κ1) is 18.4. The van der Waals surface area contributed by atoms with Crippen molar-refractivity contribution in [2.24, 2.45) is 0 Å². The third-order valence-electron chi connectivity index (χ3n) is 3.64. The summed E-state index contributed by atoms with van der Waals surface area (Å²) in [5.74, 6) is -1.28. The molecule has 0 fully saturated rings. The van der Waals surface area contributed by atoms with Gasteiger partial charge in [-0.25, -0.2) is 0 Å². The van der Waals surface area contributed by atoms with Gasteiger partial charge in [-0.05, 0) is 30.3 Å². The lowest BCUT2D eigenvalue weighted by Gasteiger charge is -2.09. The van der Waals surface area contributed by atoms with Crippen molar-refractivity contribution in [3.63, 3.8) is 0 Å². The minimum absolute atomic E-state index is 0.00364. The summed E-state index contributed by atoms with van der Waals surface area (Å²) in [4.78, 5) is 24.0. The van der Waals surface area contributed by atoms with E-state index in [2.05, 4.69) is 10.5 Å². The van der Waals surface area contributed by atoms with Crippen LogP contribution in [0.1, 0.15) is 16.1 Å². The van der Waals surface area contributed by atoms with E-state index in [4.69, 9.17) is 4.52 Å². The van der Waals surface area contributed by atoms with Gasteiger partial charge in [0.2, 0.25) is 5.91 Å². The van der Waals surface area contributed by atoms with E-state index in [1.165, 1.54) is 24.3 Å². The highest BCUT2D eigenvalue weighted by molar-refractivity contribution is 5.98. The summed E-state index contributed by atoms with van der Waals surface area (Å²) in [5, 5.41) is 8.95. The zero-order chi connectivity index (χ0) is 19.4. The Morgan fingerprint density at radius 3 is 2.63 bits per heavy atom. The lowest BCUT2D eigenvalue weighted by molar-refractivity contribution is -0.123. The van der Waals surface area contributed by atoms with Crippen molar-refractivity contribution in [2.45, 2.75) is 12.6 Å². The Kier molecular flexibility index (Phi) is 5.11. The number of benzene rings is 2. The van der Waals surface area contributed by atoms with Gasteiger partial charge in [-0.3, -0.25) is 9.59 Å². The maximum atomic E-state index is 12.2. The number of para-hydroxylation sites is 1. The maximum Gasteiger partial charge on any atom is 0.405 e. The number of hydrogen-bond acceptors (Lipinski definition) is 4. The fourth-order valence-corrected chi connectivity index (χ4v) is 2.44. The molecule has 140 valence electrons. The molecule has 2 amide bonds. The van der Waals surface area contributed by atoms with Crippen LogP contribution in [0.5, 0.6) is 0 Å². The van der Waals surface area contributed by atoms with E-state index in [1.807, 2.05) is 0 Å². The summed E-state index contributed by atoms with van der Waals surface area (Å²) in [7, 11) is 0. The molecule has 0 saturated heterocycles. The summed E-state index contributed by atoms with van der Waals surface area (Å²) >= 11 is 0. The molecule has 3 rings (SSSR count). The molecule has 2 N–H and O–H groups in total. The molecular weight excluding hydrogens is 363 g/mol. The fraction of sp³-hybridized carbons (Fsp3) is 0.167. The van der Waals surface area contributed by atoms with Gasteiger partial charge in [0.15, 0.2) is 5.58 Å². The molecule has 0 atom stereocenters. The van der Waals surface area contributed by atoms with E-state index >= 15 is 0 Å². The van der Waals surface area contributed by atoms with E-state index in [1.54, 1.807) is 29.6 Å². The Bertz CT molecular complexity index is 982. The van der Waals surface area contributed by atoms with Crippen LogP contribution < -0.4 is 10.6 Å². The predicted molar refractivity (Wildman–Crippen MR) is 91.2 cm³/mol. The van der Waals surface area contributed by atoms with Crippen molar-refractivity contribution in [1.82, 2.24) is 10.5 Å². The molecule has 2 aromatic carbocycles. The lowest BCUT2D eigenvalue weighted by atomic mass is 10.1. The molecule has 27 heavy (non-hydrogen) atoms. The van der Waals surface area contributed by atoms with E-state index in [0.29, 0.717) is 16.7 Å². The molecule has 0 aliphatic heterocycles. The highest BCUT2D eigenvalue weighted by Crippen LogP contribution is 2.19. The van der Waals surface area contributed by atoms with Gasteiger partial charge in [0.25, 0.3) is 5.91 Å². The topological polar surface area (TPSA) is 84.2 Å². The first-order chi connectivity index (χ1) is 12.8. The summed E-state index contributed by atoms with van der Waals surface area (Å²) in [5.41, 5.74) is 1.31. The van der Waals surface area contributed by atoms with Crippen molar-refractivity contribution >= 4 is 28.5 Å². The van der Waals surface area contributed by atoms with E-state index < -0.39 is 24.5 Å². The summed E-state index contributed by atoms with van der Waals surface area (Å²) in [6.07, 6.45) is -4.55. The second-order valence-electron chi connectivity index (χ2n) is 5.73. The Hall–Kier alpha value is -3.36. The molecule has 9 heteroatoms. The zero-order valence-electron chi connectivity index (χ0n) is 13.8. The second kappa shape index (κ2) is 7.48. The molecule has 0 saturated carbocycles. The van der Waals surface area contributed by atoms with Crippen LogP contribution in [0.2, 0.25) is 0 Å². The molecule has 1 aromatic heterocycles. The third kappa shape index (κ3) is 4.84. The summed E-state index contributed by atoms with van der Waals surface area (Å²) in [6.45, 7) is -1.43. The molecule has 0 aliphatic carbocycles. The first-order valence-corrected chi connectivity index (χ1v) is 7.90. The van der Waals surface area contributed by atoms with E-state index in [-0.39, 0.29) is 17.7 Å². The Morgan fingerprint density at radius 2 is 1.85 bits per heavy atom. The molecule has 0 radical (unpaired) electrons. The molecule has 0 aliphatic rings. The van der Waals surface area contributed by atoms with Crippen molar-refractivity contribution in [1.29, 1.82) is 0 Å². The molecule has 6 nitrogen and oxygen atoms in total. The number of carbonyl (C=O) groups excluding carboxylic acids is 2. The number of halogens is 3. The fourth-order valence-electron chi connectivity index (χ4n) is 2.44. The average Bonchev–Trinajstić information content (AvgIpc) is 3.02. The summed E-state index contributed by atoms with van der Waals surface area (Å²) in [6, 6.07) is 12.7. The Labute approximate surface area is 151 Å². The van der Waals surface area contributed by atoms with Crippen LogP contribution in [0.3, 0.4) is 0 Å². The van der Waals surface area contributed by atoms with Crippen LogP contribution in [0.15, 0.2) is 53.1 Å². The molecule has 0 bridgehead atoms. The minimum Gasteiger partial charge on any atom is -0.356 e. The number of alkyl halides is 3. The van der Waals surface area contributed by atoms with Gasteiger partial charge in [-0.2, -0.15) is 13.2 Å².